The molecule has 5 heteroatoms. The lowest BCUT2D eigenvalue weighted by molar-refractivity contribution is 0.161. The first-order valence-corrected chi connectivity index (χ1v) is 5.69. The molecule has 1 aromatic heterocycles. The minimum atomic E-state index is -0.392. The molecule has 1 rings (SSSR count). The second-order valence-corrected chi connectivity index (χ2v) is 4.69. The van der Waals surface area contributed by atoms with Gasteiger partial charge < -0.3 is 16.2 Å². The number of nitrogens with zero attached hydrogens (tertiary/aromatic N) is 1. The number of nitrogens with two attached hydrogens (primary N) is 1. The molecule has 1 unspecified atom stereocenters. The van der Waals surface area contributed by atoms with Gasteiger partial charge in [-0.15, -0.1) is 0 Å². The number of rotatable bonds is 5. The summed E-state index contributed by atoms with van der Waals surface area (Å²) in [6.07, 6.45) is 1.88. The summed E-state index contributed by atoms with van der Waals surface area (Å²) < 4.78 is 0. The van der Waals surface area contributed by atoms with Gasteiger partial charge in [0, 0.05) is 12.7 Å². The lowest BCUT2D eigenvalue weighted by Crippen LogP contribution is -2.22. The fraction of sp³-hybridized carbons (Fsp3) is 0.545. The van der Waals surface area contributed by atoms with Crippen LogP contribution >= 0.6 is 11.6 Å². The van der Waals surface area contributed by atoms with Gasteiger partial charge >= 0.3 is 0 Å². The van der Waals surface area contributed by atoms with Crippen molar-refractivity contribution in [2.75, 3.05) is 17.6 Å². The van der Waals surface area contributed by atoms with E-state index in [2.05, 4.69) is 24.1 Å². The average molecular weight is 244 g/mol. The van der Waals surface area contributed by atoms with Gasteiger partial charge in [-0.2, -0.15) is 0 Å². The van der Waals surface area contributed by atoms with Gasteiger partial charge in [-0.25, -0.2) is 4.98 Å². The summed E-state index contributed by atoms with van der Waals surface area (Å²) in [6, 6.07) is 1.63. The number of aromatic nitrogens is 1. The number of hydrogen-bond acceptors (Lipinski definition) is 4. The van der Waals surface area contributed by atoms with E-state index in [4.69, 9.17) is 17.3 Å². The van der Waals surface area contributed by atoms with Crippen molar-refractivity contribution in [2.24, 2.45) is 5.92 Å². The van der Waals surface area contributed by atoms with Crippen molar-refractivity contribution in [3.63, 3.8) is 0 Å². The summed E-state index contributed by atoms with van der Waals surface area (Å²) in [6.45, 7) is 4.58. The molecule has 90 valence electrons. The van der Waals surface area contributed by atoms with Crippen molar-refractivity contribution in [2.45, 2.75) is 26.4 Å². The van der Waals surface area contributed by atoms with Crippen molar-refractivity contribution in [1.29, 1.82) is 0 Å². The van der Waals surface area contributed by atoms with Crippen LogP contribution in [0.1, 0.15) is 20.3 Å². The lowest BCUT2D eigenvalue weighted by Gasteiger charge is -2.15. The van der Waals surface area contributed by atoms with Crippen LogP contribution in [0.15, 0.2) is 12.3 Å². The predicted octanol–water partition coefficient (Wildman–Crippen LogP) is 2.14. The van der Waals surface area contributed by atoms with E-state index in [1.165, 1.54) is 6.20 Å². The summed E-state index contributed by atoms with van der Waals surface area (Å²) in [5.74, 6) is 1.03. The summed E-state index contributed by atoms with van der Waals surface area (Å²) in [7, 11) is 0. The van der Waals surface area contributed by atoms with Gasteiger partial charge in [0.1, 0.15) is 5.82 Å². The smallest absolute Gasteiger partial charge is 0.149 e. The molecular weight excluding hydrogens is 226 g/mol. The topological polar surface area (TPSA) is 71.2 Å². The maximum Gasteiger partial charge on any atom is 0.149 e. The SMILES string of the molecule is CC(C)CC(O)CNc1ncc(Cl)cc1N. The molecule has 0 amide bonds. The molecule has 0 aliphatic carbocycles. The van der Waals surface area contributed by atoms with E-state index in [1.807, 2.05) is 0 Å². The third-order valence-corrected chi connectivity index (χ3v) is 2.34. The standard InChI is InChI=1S/C11H18ClN3O/c1-7(2)3-9(16)6-15-11-10(13)4-8(12)5-14-11/h4-5,7,9,16H,3,6,13H2,1-2H3,(H,14,15). The zero-order valence-electron chi connectivity index (χ0n) is 9.57. The van der Waals surface area contributed by atoms with Gasteiger partial charge in [0.2, 0.25) is 0 Å². The number of anilines is 2. The van der Waals surface area contributed by atoms with Crippen LogP contribution in [0.3, 0.4) is 0 Å². The molecule has 4 nitrogen and oxygen atoms in total. The Balaban J connectivity index is 2.48. The molecule has 0 aliphatic heterocycles. The molecule has 1 atom stereocenters. The van der Waals surface area contributed by atoms with Crippen LogP contribution in [0.4, 0.5) is 11.5 Å². The van der Waals surface area contributed by atoms with E-state index >= 15 is 0 Å². The number of aliphatic hydroxyl groups is 1. The Hall–Kier alpha value is -1.00. The van der Waals surface area contributed by atoms with Gasteiger partial charge in [-0.05, 0) is 18.4 Å². The quantitative estimate of drug-likeness (QED) is 0.741. The maximum atomic E-state index is 9.67. The van der Waals surface area contributed by atoms with Gasteiger partial charge in [0.05, 0.1) is 16.8 Å². The van der Waals surface area contributed by atoms with Gasteiger partial charge in [0.15, 0.2) is 0 Å². The zero-order valence-corrected chi connectivity index (χ0v) is 10.3. The first-order chi connectivity index (χ1) is 7.49. The molecule has 0 spiro atoms. The number of halogens is 1. The monoisotopic (exact) mass is 243 g/mol. The number of hydrogen-bond donors (Lipinski definition) is 3. The van der Waals surface area contributed by atoms with Gasteiger partial charge in [-0.3, -0.25) is 0 Å². The highest BCUT2D eigenvalue weighted by Crippen LogP contribution is 2.19. The van der Waals surface area contributed by atoms with E-state index in [0.717, 1.165) is 6.42 Å². The number of pyridine rings is 1. The van der Waals surface area contributed by atoms with E-state index < -0.39 is 6.10 Å². The largest absolute Gasteiger partial charge is 0.396 e. The van der Waals surface area contributed by atoms with E-state index in [-0.39, 0.29) is 0 Å². The minimum Gasteiger partial charge on any atom is -0.396 e. The highest BCUT2D eigenvalue weighted by atomic mass is 35.5. The van der Waals surface area contributed by atoms with Crippen molar-refractivity contribution in [3.8, 4) is 0 Å². The second-order valence-electron chi connectivity index (χ2n) is 4.26. The summed E-state index contributed by atoms with van der Waals surface area (Å²) in [5.41, 5.74) is 6.21. The Morgan fingerprint density at radius 2 is 2.25 bits per heavy atom. The molecule has 0 saturated heterocycles. The van der Waals surface area contributed by atoms with Crippen LogP contribution in [0.5, 0.6) is 0 Å². The molecule has 0 radical (unpaired) electrons. The fourth-order valence-electron chi connectivity index (χ4n) is 1.44. The maximum absolute atomic E-state index is 9.67. The Bertz CT molecular complexity index is 344. The molecule has 4 N–H and O–H groups in total. The summed E-state index contributed by atoms with van der Waals surface area (Å²) in [5, 5.41) is 13.2. The van der Waals surface area contributed by atoms with E-state index in [0.29, 0.717) is 29.0 Å². The van der Waals surface area contributed by atoms with Gasteiger partial charge in [0.25, 0.3) is 0 Å². The lowest BCUT2D eigenvalue weighted by atomic mass is 10.1. The molecule has 1 aromatic rings. The second kappa shape index (κ2) is 5.92. The van der Waals surface area contributed by atoms with Crippen molar-refractivity contribution in [1.82, 2.24) is 4.98 Å². The third-order valence-electron chi connectivity index (χ3n) is 2.13. The number of aliphatic hydroxyl groups excluding tert-OH is 1. The van der Waals surface area contributed by atoms with Crippen LogP contribution < -0.4 is 11.1 Å². The van der Waals surface area contributed by atoms with Crippen molar-refractivity contribution < 1.29 is 5.11 Å². The third kappa shape index (κ3) is 4.24. The molecule has 1 heterocycles. The Morgan fingerprint density at radius 1 is 1.56 bits per heavy atom. The van der Waals surface area contributed by atoms with Gasteiger partial charge in [-0.1, -0.05) is 25.4 Å². The number of nitrogens with one attached hydrogen (secondary N) is 1. The molecule has 0 saturated carbocycles. The Morgan fingerprint density at radius 3 is 2.81 bits per heavy atom. The summed E-state index contributed by atoms with van der Waals surface area (Å²) >= 11 is 5.73. The molecule has 16 heavy (non-hydrogen) atoms. The van der Waals surface area contributed by atoms with Crippen LogP contribution in [-0.4, -0.2) is 22.7 Å². The molecule has 0 aliphatic rings. The van der Waals surface area contributed by atoms with E-state index in [9.17, 15) is 5.11 Å². The van der Waals surface area contributed by atoms with Crippen LogP contribution in [0.25, 0.3) is 0 Å². The first kappa shape index (κ1) is 13.1. The van der Waals surface area contributed by atoms with Crippen LogP contribution in [-0.2, 0) is 0 Å². The van der Waals surface area contributed by atoms with Crippen LogP contribution in [0, 0.1) is 5.92 Å². The van der Waals surface area contributed by atoms with Crippen molar-refractivity contribution in [3.05, 3.63) is 17.3 Å². The number of nitrogen functional groups attached to an aromatic ring is 1. The minimum absolute atomic E-state index is 0.392. The van der Waals surface area contributed by atoms with Crippen molar-refractivity contribution >= 4 is 23.1 Å². The Kier molecular flexibility index (Phi) is 4.83. The molecule has 0 fully saturated rings. The molecule has 0 aromatic carbocycles. The first-order valence-electron chi connectivity index (χ1n) is 5.32. The van der Waals surface area contributed by atoms with E-state index in [1.54, 1.807) is 6.07 Å². The predicted molar refractivity (Wildman–Crippen MR) is 67.6 cm³/mol. The highest BCUT2D eigenvalue weighted by molar-refractivity contribution is 6.30. The molecular formula is C11H18ClN3O. The highest BCUT2D eigenvalue weighted by Gasteiger charge is 2.08. The Labute approximate surface area is 101 Å². The summed E-state index contributed by atoms with van der Waals surface area (Å²) in [4.78, 5) is 4.05. The average Bonchev–Trinajstić information content (AvgIpc) is 2.15. The fourth-order valence-corrected chi connectivity index (χ4v) is 1.61. The molecule has 0 bridgehead atoms. The van der Waals surface area contributed by atoms with Crippen LogP contribution in [0.2, 0.25) is 5.02 Å². The normalized spacial score (nSPS) is 12.8. The zero-order chi connectivity index (χ0) is 12.1.